The van der Waals surface area contributed by atoms with E-state index in [9.17, 15) is 13.2 Å². The standard InChI is InChI=1S/C15H22F3NO/c1-11(2)14(10-19-7-8-20-3)12-5-4-6-13(9-12)15(16,17)18/h4-6,9,11,14,19H,7-8,10H2,1-3H3. The Labute approximate surface area is 118 Å². The largest absolute Gasteiger partial charge is 0.416 e. The third-order valence-electron chi connectivity index (χ3n) is 3.29. The Hall–Kier alpha value is -1.07. The topological polar surface area (TPSA) is 21.3 Å². The highest BCUT2D eigenvalue weighted by atomic mass is 19.4. The summed E-state index contributed by atoms with van der Waals surface area (Å²) >= 11 is 0. The summed E-state index contributed by atoms with van der Waals surface area (Å²) < 4.78 is 43.2. The highest BCUT2D eigenvalue weighted by molar-refractivity contribution is 5.29. The molecule has 1 atom stereocenters. The molecular weight excluding hydrogens is 267 g/mol. The van der Waals surface area contributed by atoms with Crippen LogP contribution in [0.3, 0.4) is 0 Å². The minimum absolute atomic E-state index is 0.0501. The van der Waals surface area contributed by atoms with Gasteiger partial charge in [-0.3, -0.25) is 0 Å². The molecule has 0 fully saturated rings. The van der Waals surface area contributed by atoms with E-state index in [0.717, 1.165) is 11.6 Å². The Bertz CT molecular complexity index is 404. The van der Waals surface area contributed by atoms with Crippen molar-refractivity contribution in [3.63, 3.8) is 0 Å². The van der Waals surface area contributed by atoms with Crippen LogP contribution in [0, 0.1) is 5.92 Å². The predicted octanol–water partition coefficient (Wildman–Crippen LogP) is 3.68. The molecule has 0 aliphatic carbocycles. The summed E-state index contributed by atoms with van der Waals surface area (Å²) in [5.41, 5.74) is 0.136. The number of halogens is 3. The Morgan fingerprint density at radius 3 is 2.50 bits per heavy atom. The van der Waals surface area contributed by atoms with Crippen LogP contribution in [-0.2, 0) is 10.9 Å². The summed E-state index contributed by atoms with van der Waals surface area (Å²) in [5.74, 6) is 0.308. The molecule has 0 radical (unpaired) electrons. The van der Waals surface area contributed by atoms with E-state index in [1.165, 1.54) is 12.1 Å². The zero-order chi connectivity index (χ0) is 15.2. The molecule has 0 heterocycles. The molecule has 0 aromatic heterocycles. The molecule has 2 nitrogen and oxygen atoms in total. The van der Waals surface area contributed by atoms with E-state index in [2.05, 4.69) is 5.32 Å². The molecule has 20 heavy (non-hydrogen) atoms. The second-order valence-electron chi connectivity index (χ2n) is 5.17. The highest BCUT2D eigenvalue weighted by Gasteiger charge is 2.31. The van der Waals surface area contributed by atoms with E-state index in [-0.39, 0.29) is 11.8 Å². The fourth-order valence-electron chi connectivity index (χ4n) is 2.12. The van der Waals surface area contributed by atoms with Crippen molar-refractivity contribution in [3.8, 4) is 0 Å². The first-order valence-electron chi connectivity index (χ1n) is 6.73. The average Bonchev–Trinajstić information content (AvgIpc) is 2.37. The smallest absolute Gasteiger partial charge is 0.383 e. The SMILES string of the molecule is COCCNCC(c1cccc(C(F)(F)F)c1)C(C)C. The van der Waals surface area contributed by atoms with Crippen molar-refractivity contribution in [1.29, 1.82) is 0 Å². The lowest BCUT2D eigenvalue weighted by atomic mass is 9.87. The number of ether oxygens (including phenoxy) is 1. The Kier molecular flexibility index (Phi) is 6.49. The lowest BCUT2D eigenvalue weighted by molar-refractivity contribution is -0.137. The fourth-order valence-corrected chi connectivity index (χ4v) is 2.12. The van der Waals surface area contributed by atoms with Crippen molar-refractivity contribution < 1.29 is 17.9 Å². The number of hydrogen-bond donors (Lipinski definition) is 1. The highest BCUT2D eigenvalue weighted by Crippen LogP contribution is 2.32. The molecule has 0 bridgehead atoms. The van der Waals surface area contributed by atoms with Crippen LogP contribution in [0.25, 0.3) is 0 Å². The van der Waals surface area contributed by atoms with Crippen molar-refractivity contribution in [3.05, 3.63) is 35.4 Å². The van der Waals surface area contributed by atoms with Crippen molar-refractivity contribution in [1.82, 2.24) is 5.32 Å². The van der Waals surface area contributed by atoms with E-state index in [1.54, 1.807) is 13.2 Å². The molecule has 1 rings (SSSR count). The van der Waals surface area contributed by atoms with Crippen LogP contribution >= 0.6 is 0 Å². The third-order valence-corrected chi connectivity index (χ3v) is 3.29. The summed E-state index contributed by atoms with van der Waals surface area (Å²) in [4.78, 5) is 0. The molecule has 0 spiro atoms. The van der Waals surface area contributed by atoms with Gasteiger partial charge in [0.25, 0.3) is 0 Å². The second kappa shape index (κ2) is 7.64. The summed E-state index contributed by atoms with van der Waals surface area (Å²) in [7, 11) is 1.62. The van der Waals surface area contributed by atoms with E-state index >= 15 is 0 Å². The fraction of sp³-hybridized carbons (Fsp3) is 0.600. The van der Waals surface area contributed by atoms with Crippen LogP contribution in [0.2, 0.25) is 0 Å². The minimum atomic E-state index is -4.29. The summed E-state index contributed by atoms with van der Waals surface area (Å²) in [6.45, 7) is 5.96. The summed E-state index contributed by atoms with van der Waals surface area (Å²) in [5, 5.41) is 3.22. The molecule has 1 aromatic carbocycles. The van der Waals surface area contributed by atoms with Gasteiger partial charge in [-0.15, -0.1) is 0 Å². The number of rotatable bonds is 7. The monoisotopic (exact) mass is 289 g/mol. The molecule has 0 saturated heterocycles. The number of methoxy groups -OCH3 is 1. The van der Waals surface area contributed by atoms with Gasteiger partial charge in [-0.1, -0.05) is 32.0 Å². The van der Waals surface area contributed by atoms with Crippen molar-refractivity contribution in [2.75, 3.05) is 26.8 Å². The van der Waals surface area contributed by atoms with E-state index in [0.29, 0.717) is 19.7 Å². The van der Waals surface area contributed by atoms with Gasteiger partial charge in [-0.05, 0) is 23.5 Å². The van der Waals surface area contributed by atoms with Gasteiger partial charge in [-0.25, -0.2) is 0 Å². The lowest BCUT2D eigenvalue weighted by Gasteiger charge is -2.23. The van der Waals surface area contributed by atoms with Crippen LogP contribution in [0.5, 0.6) is 0 Å². The van der Waals surface area contributed by atoms with Crippen molar-refractivity contribution in [2.24, 2.45) is 5.92 Å². The van der Waals surface area contributed by atoms with Gasteiger partial charge in [0, 0.05) is 20.2 Å². The Balaban J connectivity index is 2.81. The second-order valence-corrected chi connectivity index (χ2v) is 5.17. The van der Waals surface area contributed by atoms with Gasteiger partial charge in [0.1, 0.15) is 0 Å². The maximum atomic E-state index is 12.8. The normalized spacial score (nSPS) is 13.8. The molecular formula is C15H22F3NO. The average molecular weight is 289 g/mol. The first-order chi connectivity index (χ1) is 9.36. The molecule has 0 aliphatic rings. The van der Waals surface area contributed by atoms with Crippen LogP contribution in [0.1, 0.15) is 30.9 Å². The maximum absolute atomic E-state index is 12.8. The van der Waals surface area contributed by atoms with Crippen LogP contribution in [0.4, 0.5) is 13.2 Å². The van der Waals surface area contributed by atoms with Gasteiger partial charge < -0.3 is 10.1 Å². The van der Waals surface area contributed by atoms with Crippen LogP contribution in [0.15, 0.2) is 24.3 Å². The molecule has 1 aromatic rings. The predicted molar refractivity (Wildman–Crippen MR) is 73.8 cm³/mol. The number of benzene rings is 1. The molecule has 1 N–H and O–H groups in total. The maximum Gasteiger partial charge on any atom is 0.416 e. The molecule has 114 valence electrons. The van der Waals surface area contributed by atoms with E-state index < -0.39 is 11.7 Å². The first-order valence-corrected chi connectivity index (χ1v) is 6.73. The van der Waals surface area contributed by atoms with Crippen molar-refractivity contribution >= 4 is 0 Å². The van der Waals surface area contributed by atoms with E-state index in [4.69, 9.17) is 4.74 Å². The van der Waals surface area contributed by atoms with Gasteiger partial charge in [0.2, 0.25) is 0 Å². The summed E-state index contributed by atoms with van der Waals surface area (Å²) in [6.07, 6.45) is -4.29. The molecule has 0 amide bonds. The number of alkyl halides is 3. The van der Waals surface area contributed by atoms with E-state index in [1.807, 2.05) is 13.8 Å². The number of hydrogen-bond acceptors (Lipinski definition) is 2. The molecule has 0 aliphatic heterocycles. The summed E-state index contributed by atoms with van der Waals surface area (Å²) in [6, 6.07) is 5.60. The van der Waals surface area contributed by atoms with Gasteiger partial charge in [0.05, 0.1) is 12.2 Å². The van der Waals surface area contributed by atoms with Crippen LogP contribution in [-0.4, -0.2) is 26.8 Å². The molecule has 0 saturated carbocycles. The Morgan fingerprint density at radius 2 is 1.95 bits per heavy atom. The first kappa shape index (κ1) is 17.0. The quantitative estimate of drug-likeness (QED) is 0.773. The zero-order valence-electron chi connectivity index (χ0n) is 12.1. The Morgan fingerprint density at radius 1 is 1.25 bits per heavy atom. The lowest BCUT2D eigenvalue weighted by Crippen LogP contribution is -2.27. The zero-order valence-corrected chi connectivity index (χ0v) is 12.1. The minimum Gasteiger partial charge on any atom is -0.383 e. The third kappa shape index (κ3) is 5.13. The van der Waals surface area contributed by atoms with Gasteiger partial charge >= 0.3 is 6.18 Å². The van der Waals surface area contributed by atoms with Crippen LogP contribution < -0.4 is 5.32 Å². The van der Waals surface area contributed by atoms with Gasteiger partial charge in [0.15, 0.2) is 0 Å². The molecule has 1 unspecified atom stereocenters. The van der Waals surface area contributed by atoms with Gasteiger partial charge in [-0.2, -0.15) is 13.2 Å². The number of nitrogens with one attached hydrogen (secondary N) is 1. The van der Waals surface area contributed by atoms with Crippen molar-refractivity contribution in [2.45, 2.75) is 25.9 Å². The molecule has 5 heteroatoms.